The molecule has 4 nitrogen and oxygen atoms in total. The number of isocyanates is 2. The largest absolute Gasteiger partial charge is 0.235 e. The van der Waals surface area contributed by atoms with Crippen LogP contribution in [0.15, 0.2) is 4.99 Å². The summed E-state index contributed by atoms with van der Waals surface area (Å²) in [7, 11) is 0. The molecule has 4 heteroatoms. The highest BCUT2D eigenvalue weighted by Gasteiger charge is 2.25. The predicted octanol–water partition coefficient (Wildman–Crippen LogP) is 1.95. The molecular weight excluding hydrogens is 168 g/mol. The van der Waals surface area contributed by atoms with Gasteiger partial charge in [0, 0.05) is 0 Å². The molecule has 72 valence electrons. The summed E-state index contributed by atoms with van der Waals surface area (Å²) in [5.41, 5.74) is -0.0694. The van der Waals surface area contributed by atoms with Crippen LogP contribution in [0, 0.1) is 5.41 Å². The summed E-state index contributed by atoms with van der Waals surface area (Å²) in [4.78, 5) is 22.1. The smallest absolute Gasteiger partial charge is 0.222 e. The first-order valence-corrected chi connectivity index (χ1v) is 4.31. The molecule has 0 atom stereocenters. The van der Waals surface area contributed by atoms with Crippen LogP contribution in [0.3, 0.4) is 0 Å². The first-order chi connectivity index (χ1) is 6.18. The van der Waals surface area contributed by atoms with Crippen LogP contribution in [0.5, 0.6) is 0 Å². The van der Waals surface area contributed by atoms with Crippen molar-refractivity contribution in [3.05, 3.63) is 0 Å². The molecule has 1 aliphatic rings. The molecule has 1 N–H and O–H groups in total. The Balaban J connectivity index is 0.000000424. The van der Waals surface area contributed by atoms with Gasteiger partial charge in [-0.25, -0.2) is 15.0 Å². The zero-order valence-electron chi connectivity index (χ0n) is 7.80. The van der Waals surface area contributed by atoms with Gasteiger partial charge in [-0.15, -0.1) is 0 Å². The maximum atomic E-state index is 9.99. The summed E-state index contributed by atoms with van der Waals surface area (Å²) < 4.78 is 0. The first-order valence-electron chi connectivity index (χ1n) is 4.31. The van der Waals surface area contributed by atoms with E-state index in [-0.39, 0.29) is 5.54 Å². The van der Waals surface area contributed by atoms with Crippen LogP contribution in [0.4, 0.5) is 0 Å². The van der Waals surface area contributed by atoms with Gasteiger partial charge in [0.15, 0.2) is 0 Å². The average molecular weight is 182 g/mol. The number of nitrogens with zero attached hydrogens (tertiary/aromatic N) is 1. The third-order valence-electron chi connectivity index (χ3n) is 2.25. The van der Waals surface area contributed by atoms with Crippen molar-refractivity contribution in [3.63, 3.8) is 0 Å². The molecule has 0 aromatic rings. The van der Waals surface area contributed by atoms with Crippen molar-refractivity contribution in [3.8, 4) is 0 Å². The van der Waals surface area contributed by atoms with Crippen LogP contribution in [0.2, 0.25) is 0 Å². The fourth-order valence-corrected chi connectivity index (χ4v) is 1.54. The maximum Gasteiger partial charge on any atom is 0.235 e. The Kier molecular flexibility index (Phi) is 5.69. The van der Waals surface area contributed by atoms with Crippen LogP contribution in [0.25, 0.3) is 0 Å². The van der Waals surface area contributed by atoms with Gasteiger partial charge in [0.1, 0.15) is 0 Å². The molecule has 1 fully saturated rings. The molecule has 0 radical (unpaired) electrons. The van der Waals surface area contributed by atoms with Crippen LogP contribution in [-0.2, 0) is 9.59 Å². The third kappa shape index (κ3) is 5.07. The van der Waals surface area contributed by atoms with Crippen molar-refractivity contribution in [2.24, 2.45) is 4.99 Å². The summed E-state index contributed by atoms with van der Waals surface area (Å²) >= 11 is 0. The Hall–Kier alpha value is -1.24. The predicted molar refractivity (Wildman–Crippen MR) is 48.0 cm³/mol. The lowest BCUT2D eigenvalue weighted by Crippen LogP contribution is -2.24. The van der Waals surface area contributed by atoms with E-state index in [2.05, 4.69) is 4.99 Å². The molecule has 0 amide bonds. The second kappa shape index (κ2) is 6.30. The molecule has 0 heterocycles. The van der Waals surface area contributed by atoms with Gasteiger partial charge in [-0.05, 0) is 19.8 Å². The van der Waals surface area contributed by atoms with Gasteiger partial charge < -0.3 is 0 Å². The molecule has 0 aromatic carbocycles. The van der Waals surface area contributed by atoms with Crippen molar-refractivity contribution in [2.75, 3.05) is 0 Å². The van der Waals surface area contributed by atoms with Gasteiger partial charge in [0.2, 0.25) is 12.2 Å². The molecular formula is C9H14N2O2. The monoisotopic (exact) mass is 182 g/mol. The summed E-state index contributed by atoms with van der Waals surface area (Å²) in [6.45, 7) is 2.04. The Morgan fingerprint density at radius 3 is 2.08 bits per heavy atom. The summed E-state index contributed by atoms with van der Waals surface area (Å²) in [6.07, 6.45) is 8.23. The maximum absolute atomic E-state index is 9.99. The van der Waals surface area contributed by atoms with E-state index >= 15 is 0 Å². The van der Waals surface area contributed by atoms with Gasteiger partial charge in [-0.2, -0.15) is 4.99 Å². The number of aliphatic imine (C=N–C) groups is 1. The van der Waals surface area contributed by atoms with Crippen molar-refractivity contribution in [1.29, 1.82) is 5.41 Å². The van der Waals surface area contributed by atoms with Crippen molar-refractivity contribution in [2.45, 2.75) is 44.6 Å². The van der Waals surface area contributed by atoms with E-state index in [1.165, 1.54) is 19.3 Å². The Morgan fingerprint density at radius 1 is 1.23 bits per heavy atom. The van der Waals surface area contributed by atoms with Crippen LogP contribution in [-0.4, -0.2) is 17.7 Å². The van der Waals surface area contributed by atoms with Crippen LogP contribution < -0.4 is 0 Å². The normalized spacial score (nSPS) is 18.5. The number of rotatable bonds is 1. The molecule has 0 aromatic heterocycles. The molecule has 1 aliphatic carbocycles. The van der Waals surface area contributed by atoms with E-state index in [0.717, 1.165) is 18.9 Å². The molecule has 1 saturated carbocycles. The Bertz CT molecular complexity index is 220. The van der Waals surface area contributed by atoms with Gasteiger partial charge in [-0.3, -0.25) is 0 Å². The summed E-state index contributed by atoms with van der Waals surface area (Å²) in [5, 5.41) is 5.40. The van der Waals surface area contributed by atoms with E-state index in [1.807, 2.05) is 6.92 Å². The third-order valence-corrected chi connectivity index (χ3v) is 2.25. The minimum absolute atomic E-state index is 0.0694. The van der Waals surface area contributed by atoms with Gasteiger partial charge in [0.05, 0.1) is 5.54 Å². The van der Waals surface area contributed by atoms with Gasteiger partial charge >= 0.3 is 0 Å². The molecule has 0 bridgehead atoms. The van der Waals surface area contributed by atoms with Crippen LogP contribution >= 0.6 is 0 Å². The van der Waals surface area contributed by atoms with Crippen molar-refractivity contribution >= 4 is 12.2 Å². The lowest BCUT2D eigenvalue weighted by Gasteiger charge is -2.27. The standard InChI is InChI=1S/C8H13NO.CHNO/c1-8(9-7-10)5-3-2-4-6-8;2-1-3/h2-6H2,1H3;2H. The minimum atomic E-state index is -0.0694. The number of carbonyl (C=O) groups excluding carboxylic acids is 2. The SMILES string of the molecule is CC1(N=C=O)CCCCC1.N=C=O. The Morgan fingerprint density at radius 2 is 1.69 bits per heavy atom. The topological polar surface area (TPSA) is 70.3 Å². The second-order valence-corrected chi connectivity index (χ2v) is 3.36. The van der Waals surface area contributed by atoms with E-state index in [0.29, 0.717) is 0 Å². The molecule has 0 spiro atoms. The highest BCUT2D eigenvalue weighted by molar-refractivity contribution is 5.34. The summed E-state index contributed by atoms with van der Waals surface area (Å²) in [6, 6.07) is 0. The van der Waals surface area contributed by atoms with Crippen LogP contribution in [0.1, 0.15) is 39.0 Å². The van der Waals surface area contributed by atoms with E-state index in [4.69, 9.17) is 10.2 Å². The molecule has 0 unspecified atom stereocenters. The molecule has 0 saturated heterocycles. The zero-order valence-corrected chi connectivity index (χ0v) is 7.80. The lowest BCUT2D eigenvalue weighted by atomic mass is 9.84. The van der Waals surface area contributed by atoms with Gasteiger partial charge in [0.25, 0.3) is 0 Å². The summed E-state index contributed by atoms with van der Waals surface area (Å²) in [5.74, 6) is 0. The fraction of sp³-hybridized carbons (Fsp3) is 0.778. The van der Waals surface area contributed by atoms with Crippen molar-refractivity contribution < 1.29 is 9.59 Å². The lowest BCUT2D eigenvalue weighted by molar-refractivity contribution is 0.323. The highest BCUT2D eigenvalue weighted by atomic mass is 16.1. The average Bonchev–Trinajstić information content (AvgIpc) is 2.06. The fourth-order valence-electron chi connectivity index (χ4n) is 1.54. The quantitative estimate of drug-likeness (QED) is 0.497. The van der Waals surface area contributed by atoms with Crippen molar-refractivity contribution in [1.82, 2.24) is 0 Å². The molecule has 13 heavy (non-hydrogen) atoms. The molecule has 1 rings (SSSR count). The Labute approximate surface area is 77.6 Å². The first kappa shape index (κ1) is 11.8. The number of hydrogen-bond acceptors (Lipinski definition) is 4. The zero-order chi connectivity index (χ0) is 10.2. The molecule has 0 aliphatic heterocycles. The van der Waals surface area contributed by atoms with E-state index in [9.17, 15) is 4.79 Å². The highest BCUT2D eigenvalue weighted by Crippen LogP contribution is 2.30. The van der Waals surface area contributed by atoms with Gasteiger partial charge in [-0.1, -0.05) is 19.3 Å². The van der Waals surface area contributed by atoms with E-state index < -0.39 is 0 Å². The second-order valence-electron chi connectivity index (χ2n) is 3.36. The number of hydrogen-bond donors (Lipinski definition) is 1. The number of nitrogens with one attached hydrogen (secondary N) is 1. The minimum Gasteiger partial charge on any atom is -0.222 e. The van der Waals surface area contributed by atoms with E-state index in [1.54, 1.807) is 6.08 Å².